The zero-order valence-corrected chi connectivity index (χ0v) is 18.0. The Morgan fingerprint density at radius 3 is 2.55 bits per heavy atom. The minimum Gasteiger partial charge on any atom is -0.496 e. The van der Waals surface area contributed by atoms with Crippen LogP contribution in [0.2, 0.25) is 0 Å². The number of anilines is 1. The van der Waals surface area contributed by atoms with Crippen molar-refractivity contribution in [2.24, 2.45) is 5.73 Å². The van der Waals surface area contributed by atoms with Crippen LogP contribution in [-0.4, -0.2) is 41.7 Å². The molecule has 2 aliphatic rings. The molecule has 1 atom stereocenters. The summed E-state index contributed by atoms with van der Waals surface area (Å²) in [5.41, 5.74) is 10.5. The van der Waals surface area contributed by atoms with Crippen molar-refractivity contribution in [3.05, 3.63) is 48.0 Å². The summed E-state index contributed by atoms with van der Waals surface area (Å²) in [6.45, 7) is 1.96. The molecule has 0 saturated carbocycles. The van der Waals surface area contributed by atoms with Gasteiger partial charge < -0.3 is 20.7 Å². The molecule has 2 heterocycles. The van der Waals surface area contributed by atoms with Crippen LogP contribution in [0.3, 0.4) is 0 Å². The molecule has 7 heteroatoms. The molecule has 1 unspecified atom stereocenters. The smallest absolute Gasteiger partial charge is 0.239 e. The molecule has 4 rings (SSSR count). The van der Waals surface area contributed by atoms with Crippen molar-refractivity contribution >= 4 is 39.9 Å². The van der Waals surface area contributed by atoms with E-state index in [0.29, 0.717) is 16.8 Å². The second kappa shape index (κ2) is 8.73. The van der Waals surface area contributed by atoms with Crippen molar-refractivity contribution in [1.82, 2.24) is 5.32 Å². The van der Waals surface area contributed by atoms with Gasteiger partial charge in [-0.1, -0.05) is 48.2 Å². The molecule has 0 bridgehead atoms. The van der Waals surface area contributed by atoms with Crippen LogP contribution in [-0.2, 0) is 11.2 Å². The second-order valence-corrected chi connectivity index (χ2v) is 9.37. The lowest BCUT2D eigenvalue weighted by Gasteiger charge is -2.32. The second-order valence-electron chi connectivity index (χ2n) is 7.49. The molecule has 0 aromatic heterocycles. The molecule has 3 N–H and O–H groups in total. The number of hydrogen-bond donors (Lipinski definition) is 2. The average molecular weight is 428 g/mol. The summed E-state index contributed by atoms with van der Waals surface area (Å²) in [7, 11) is 1.71. The summed E-state index contributed by atoms with van der Waals surface area (Å²) >= 11 is 6.50. The first-order valence-corrected chi connectivity index (χ1v) is 11.1. The largest absolute Gasteiger partial charge is 0.496 e. The highest BCUT2D eigenvalue weighted by atomic mass is 32.2. The van der Waals surface area contributed by atoms with Gasteiger partial charge >= 0.3 is 0 Å². The molecule has 2 aromatic carbocycles. The summed E-state index contributed by atoms with van der Waals surface area (Å²) in [5, 5.41) is 2.56. The Bertz CT molecular complexity index is 909. The zero-order chi connectivity index (χ0) is 20.4. The van der Waals surface area contributed by atoms with Gasteiger partial charge in [0, 0.05) is 36.4 Å². The van der Waals surface area contributed by atoms with Crippen molar-refractivity contribution in [3.8, 4) is 16.9 Å². The normalized spacial score (nSPS) is 20.1. The molecule has 2 fully saturated rings. The Morgan fingerprint density at radius 2 is 1.93 bits per heavy atom. The van der Waals surface area contributed by atoms with Crippen molar-refractivity contribution in [3.63, 3.8) is 0 Å². The highest BCUT2D eigenvalue weighted by Crippen LogP contribution is 2.35. The average Bonchev–Trinajstić information content (AvgIpc) is 3.05. The number of ether oxygens (including phenoxy) is 1. The first kappa shape index (κ1) is 20.2. The van der Waals surface area contributed by atoms with E-state index in [9.17, 15) is 4.79 Å². The van der Waals surface area contributed by atoms with Gasteiger partial charge in [-0.25, -0.2) is 0 Å². The number of piperidine rings is 1. The van der Waals surface area contributed by atoms with E-state index in [-0.39, 0.29) is 11.2 Å². The maximum absolute atomic E-state index is 11.9. The van der Waals surface area contributed by atoms with E-state index >= 15 is 0 Å². The molecule has 2 aliphatic heterocycles. The van der Waals surface area contributed by atoms with Gasteiger partial charge in [-0.3, -0.25) is 4.79 Å². The molecule has 0 spiro atoms. The summed E-state index contributed by atoms with van der Waals surface area (Å²) in [6.07, 6.45) is 2.71. The van der Waals surface area contributed by atoms with E-state index in [1.54, 1.807) is 7.11 Å². The summed E-state index contributed by atoms with van der Waals surface area (Å²) < 4.78 is 6.26. The van der Waals surface area contributed by atoms with Crippen LogP contribution in [0, 0.1) is 0 Å². The van der Waals surface area contributed by atoms with Gasteiger partial charge in [0.15, 0.2) is 0 Å². The highest BCUT2D eigenvalue weighted by Gasteiger charge is 2.29. The van der Waals surface area contributed by atoms with Crippen LogP contribution in [0.4, 0.5) is 5.69 Å². The predicted octanol–water partition coefficient (Wildman–Crippen LogP) is 3.35. The number of thiocarbonyl (C=S) groups is 1. The van der Waals surface area contributed by atoms with E-state index in [2.05, 4.69) is 52.7 Å². The Balaban J connectivity index is 1.50. The third-order valence-corrected chi connectivity index (χ3v) is 6.92. The number of carbonyl (C=O) groups is 1. The third-order valence-electron chi connectivity index (χ3n) is 5.54. The number of amides is 1. The van der Waals surface area contributed by atoms with Crippen LogP contribution in [0.25, 0.3) is 11.1 Å². The fraction of sp³-hybridized carbons (Fsp3) is 0.364. The fourth-order valence-corrected chi connectivity index (χ4v) is 5.14. The van der Waals surface area contributed by atoms with Crippen LogP contribution in [0.1, 0.15) is 18.4 Å². The molecular formula is C22H25N3O2S2. The number of methoxy groups -OCH3 is 1. The topological polar surface area (TPSA) is 67.6 Å². The van der Waals surface area contributed by atoms with Crippen molar-refractivity contribution in [2.45, 2.75) is 30.6 Å². The van der Waals surface area contributed by atoms with Crippen molar-refractivity contribution < 1.29 is 9.53 Å². The highest BCUT2D eigenvalue weighted by molar-refractivity contribution is 8.24. The van der Waals surface area contributed by atoms with Crippen molar-refractivity contribution in [1.29, 1.82) is 0 Å². The molecular weight excluding hydrogens is 402 g/mol. The van der Waals surface area contributed by atoms with Gasteiger partial charge in [0.25, 0.3) is 0 Å². The van der Waals surface area contributed by atoms with Crippen LogP contribution in [0.5, 0.6) is 5.75 Å². The molecule has 2 aromatic rings. The Morgan fingerprint density at radius 1 is 1.21 bits per heavy atom. The molecule has 152 valence electrons. The molecule has 29 heavy (non-hydrogen) atoms. The number of nitrogens with two attached hydrogens (primary N) is 1. The maximum atomic E-state index is 11.9. The SMILES string of the molecule is COc1cc(N2CCC(N)CC2)ccc1-c1ccc(CC2SC(=S)NC2=O)cc1. The van der Waals surface area contributed by atoms with Gasteiger partial charge in [0.05, 0.1) is 12.4 Å². The van der Waals surface area contributed by atoms with E-state index in [1.165, 1.54) is 17.4 Å². The van der Waals surface area contributed by atoms with Gasteiger partial charge in [-0.2, -0.15) is 0 Å². The minimum atomic E-state index is -0.139. The summed E-state index contributed by atoms with van der Waals surface area (Å²) in [4.78, 5) is 14.3. The minimum absolute atomic E-state index is 0.00000325. The maximum Gasteiger partial charge on any atom is 0.239 e. The molecule has 1 amide bonds. The Labute approximate surface area is 181 Å². The number of benzene rings is 2. The predicted molar refractivity (Wildman–Crippen MR) is 124 cm³/mol. The third kappa shape index (κ3) is 4.57. The number of carbonyl (C=O) groups excluding carboxylic acids is 1. The first-order valence-electron chi connectivity index (χ1n) is 9.83. The van der Waals surface area contributed by atoms with Crippen LogP contribution < -0.4 is 20.7 Å². The lowest BCUT2D eigenvalue weighted by atomic mass is 10.00. The Kier molecular flexibility index (Phi) is 6.08. The number of rotatable bonds is 5. The first-order chi connectivity index (χ1) is 14.0. The molecule has 2 saturated heterocycles. The van der Waals surface area contributed by atoms with Gasteiger partial charge in [-0.15, -0.1) is 0 Å². The van der Waals surface area contributed by atoms with E-state index in [4.69, 9.17) is 22.7 Å². The summed E-state index contributed by atoms with van der Waals surface area (Å²) in [5.74, 6) is 0.862. The number of nitrogens with zero attached hydrogens (tertiary/aromatic N) is 1. The van der Waals surface area contributed by atoms with Crippen LogP contribution in [0.15, 0.2) is 42.5 Å². The van der Waals surface area contributed by atoms with Gasteiger partial charge in [0.2, 0.25) is 5.91 Å². The zero-order valence-electron chi connectivity index (χ0n) is 16.4. The number of nitrogens with one attached hydrogen (secondary N) is 1. The van der Waals surface area contributed by atoms with Gasteiger partial charge in [0.1, 0.15) is 10.1 Å². The molecule has 0 aliphatic carbocycles. The van der Waals surface area contributed by atoms with Crippen LogP contribution >= 0.6 is 24.0 Å². The van der Waals surface area contributed by atoms with E-state index in [1.807, 2.05) is 0 Å². The lowest BCUT2D eigenvalue weighted by molar-refractivity contribution is -0.118. The summed E-state index contributed by atoms with van der Waals surface area (Å²) in [6, 6.07) is 15.0. The standard InChI is InChI=1S/C22H25N3O2S2/c1-27-19-13-17(25-10-8-16(23)9-11-25)6-7-18(19)15-4-2-14(3-5-15)12-20-21(26)24-22(28)29-20/h2-7,13,16,20H,8-12,23H2,1H3,(H,24,26,28). The Hall–Kier alpha value is -2.09. The van der Waals surface area contributed by atoms with Gasteiger partial charge in [-0.05, 0) is 42.5 Å². The van der Waals surface area contributed by atoms with E-state index < -0.39 is 0 Å². The monoisotopic (exact) mass is 427 g/mol. The molecule has 0 radical (unpaired) electrons. The lowest BCUT2D eigenvalue weighted by Crippen LogP contribution is -2.39. The fourth-order valence-electron chi connectivity index (χ4n) is 3.83. The molecule has 5 nitrogen and oxygen atoms in total. The van der Waals surface area contributed by atoms with E-state index in [0.717, 1.165) is 48.4 Å². The van der Waals surface area contributed by atoms with Crippen molar-refractivity contribution in [2.75, 3.05) is 25.1 Å². The quantitative estimate of drug-likeness (QED) is 0.714. The number of thioether (sulfide) groups is 1. The number of hydrogen-bond acceptors (Lipinski definition) is 6.